The predicted molar refractivity (Wildman–Crippen MR) is 174 cm³/mol. The Morgan fingerprint density at radius 1 is 0.745 bits per heavy atom. The van der Waals surface area contributed by atoms with Crippen LogP contribution in [0.4, 0.5) is 4.79 Å². The molecule has 0 aliphatic carbocycles. The Hall–Kier alpha value is -3.89. The second-order valence-corrected chi connectivity index (χ2v) is 13.4. The molecule has 1 aromatic carbocycles. The molecule has 47 heavy (non-hydrogen) atoms. The molecule has 0 spiro atoms. The van der Waals surface area contributed by atoms with Gasteiger partial charge in [0.15, 0.2) is 0 Å². The maximum Gasteiger partial charge on any atom is 0.408 e. The summed E-state index contributed by atoms with van der Waals surface area (Å²) in [6.45, 7) is 5.58. The summed E-state index contributed by atoms with van der Waals surface area (Å²) < 4.78 is 16.9. The van der Waals surface area contributed by atoms with Gasteiger partial charge in [0.2, 0.25) is 23.6 Å². The van der Waals surface area contributed by atoms with Crippen molar-refractivity contribution in [3.05, 3.63) is 35.9 Å². The molecule has 0 saturated heterocycles. The van der Waals surface area contributed by atoms with Crippen LogP contribution in [-0.4, -0.2) is 106 Å². The van der Waals surface area contributed by atoms with Crippen molar-refractivity contribution in [2.75, 3.05) is 25.2 Å². The molecule has 0 saturated carbocycles. The number of aldehydes is 1. The fraction of sp³-hybridized carbons (Fsp3) is 0.613. The molecule has 0 fully saturated rings. The molecule has 264 valence electrons. The summed E-state index contributed by atoms with van der Waals surface area (Å²) in [7, 11) is -1.36. The van der Waals surface area contributed by atoms with E-state index in [1.807, 2.05) is 27.7 Å². The van der Waals surface area contributed by atoms with Gasteiger partial charge < -0.3 is 46.3 Å². The van der Waals surface area contributed by atoms with Crippen LogP contribution in [0.2, 0.25) is 0 Å². The Bertz CT molecular complexity index is 1200. The van der Waals surface area contributed by atoms with E-state index in [0.717, 1.165) is 0 Å². The number of aliphatic hydroxyl groups excluding tert-OH is 2. The van der Waals surface area contributed by atoms with Crippen molar-refractivity contribution in [3.63, 3.8) is 0 Å². The molecule has 0 radical (unpaired) electrons. The molecule has 1 aromatic rings. The van der Waals surface area contributed by atoms with E-state index < -0.39 is 83.9 Å². The summed E-state index contributed by atoms with van der Waals surface area (Å²) in [5.41, 5.74) is 0.683. The minimum atomic E-state index is -1.61. The number of hydrogen-bond acceptors (Lipinski definition) is 10. The maximum atomic E-state index is 13.4. The molecule has 0 heterocycles. The monoisotopic (exact) mass is 683 g/mol. The van der Waals surface area contributed by atoms with Crippen LogP contribution in [0.3, 0.4) is 0 Å². The zero-order chi connectivity index (χ0) is 35.5. The molecular weight excluding hydrogens is 634 g/mol. The highest BCUT2D eigenvalue weighted by molar-refractivity contribution is 7.84. The molecule has 0 aliphatic rings. The number of amides is 5. The highest BCUT2D eigenvalue weighted by Gasteiger charge is 2.32. The van der Waals surface area contributed by atoms with Gasteiger partial charge in [0.1, 0.15) is 37.1 Å². The van der Waals surface area contributed by atoms with Crippen molar-refractivity contribution in [2.45, 2.75) is 83.8 Å². The number of benzene rings is 1. The molecule has 5 amide bonds. The zero-order valence-corrected chi connectivity index (χ0v) is 28.3. The molecule has 7 N–H and O–H groups in total. The zero-order valence-electron chi connectivity index (χ0n) is 27.5. The van der Waals surface area contributed by atoms with Crippen LogP contribution in [0.25, 0.3) is 0 Å². The van der Waals surface area contributed by atoms with Crippen LogP contribution in [0, 0.1) is 11.8 Å². The minimum Gasteiger partial charge on any atom is -0.445 e. The number of ether oxygens (including phenoxy) is 1. The van der Waals surface area contributed by atoms with Crippen molar-refractivity contribution < 1.29 is 47.9 Å². The van der Waals surface area contributed by atoms with Gasteiger partial charge in [-0.2, -0.15) is 0 Å². The Labute approximate surface area is 277 Å². The average molecular weight is 684 g/mol. The number of alkyl carbamates (subject to hydrolysis) is 1. The van der Waals surface area contributed by atoms with Crippen LogP contribution in [0.5, 0.6) is 0 Å². The molecule has 1 rings (SSSR count). The van der Waals surface area contributed by atoms with Gasteiger partial charge in [-0.1, -0.05) is 58.0 Å². The van der Waals surface area contributed by atoms with Crippen LogP contribution in [-0.2, 0) is 46.1 Å². The highest BCUT2D eigenvalue weighted by Crippen LogP contribution is 2.09. The lowest BCUT2D eigenvalue weighted by Gasteiger charge is -2.27. The van der Waals surface area contributed by atoms with Gasteiger partial charge in [-0.15, -0.1) is 0 Å². The van der Waals surface area contributed by atoms with Crippen molar-refractivity contribution in [1.29, 1.82) is 0 Å². The van der Waals surface area contributed by atoms with E-state index in [4.69, 9.17) is 4.74 Å². The molecule has 15 nitrogen and oxygen atoms in total. The van der Waals surface area contributed by atoms with Crippen molar-refractivity contribution in [2.24, 2.45) is 11.8 Å². The lowest BCUT2D eigenvalue weighted by atomic mass is 10.0. The molecule has 16 heteroatoms. The summed E-state index contributed by atoms with van der Waals surface area (Å²) in [6, 6.07) is 2.42. The topological polar surface area (TPSA) is 229 Å². The Balaban J connectivity index is 2.97. The first-order valence-electron chi connectivity index (χ1n) is 15.4. The SMILES string of the molecule is CC(C)C[C@@H](C=O)NC(=O)[C@H](CC(C)C)NC(=O)[C@H](CCS(C)=O)NC(=O)[C@H](CO)NC(=O)[C@H](CO)NC(=O)OCc1ccccc1. The fourth-order valence-electron chi connectivity index (χ4n) is 4.31. The number of nitrogens with one attached hydrogen (secondary N) is 5. The van der Waals surface area contributed by atoms with Crippen molar-refractivity contribution in [3.8, 4) is 0 Å². The van der Waals surface area contributed by atoms with Crippen molar-refractivity contribution in [1.82, 2.24) is 26.6 Å². The van der Waals surface area contributed by atoms with Crippen LogP contribution in [0.1, 0.15) is 52.5 Å². The minimum absolute atomic E-state index is 0.00123. The third kappa shape index (κ3) is 16.5. The highest BCUT2D eigenvalue weighted by atomic mass is 32.2. The Kier molecular flexibility index (Phi) is 19.1. The lowest BCUT2D eigenvalue weighted by molar-refractivity contribution is -0.135. The first-order chi connectivity index (χ1) is 22.2. The summed E-state index contributed by atoms with van der Waals surface area (Å²) >= 11 is 0. The number of aliphatic hydroxyl groups is 2. The van der Waals surface area contributed by atoms with Gasteiger partial charge >= 0.3 is 6.09 Å². The molecule has 1 unspecified atom stereocenters. The normalized spacial score (nSPS) is 14.9. The second-order valence-electron chi connectivity index (χ2n) is 11.9. The number of rotatable bonds is 21. The second kappa shape index (κ2) is 21.8. The van der Waals surface area contributed by atoms with Gasteiger partial charge in [0, 0.05) is 22.8 Å². The molecule has 0 aromatic heterocycles. The largest absolute Gasteiger partial charge is 0.445 e. The fourth-order valence-corrected chi connectivity index (χ4v) is 4.88. The number of carbonyl (C=O) groups is 6. The molecule has 6 atom stereocenters. The van der Waals surface area contributed by atoms with Gasteiger partial charge in [0.25, 0.3) is 0 Å². The van der Waals surface area contributed by atoms with Gasteiger partial charge in [-0.25, -0.2) is 4.79 Å². The van der Waals surface area contributed by atoms with E-state index in [2.05, 4.69) is 26.6 Å². The Morgan fingerprint density at radius 3 is 1.74 bits per heavy atom. The number of carbonyl (C=O) groups excluding carboxylic acids is 6. The van der Waals surface area contributed by atoms with E-state index >= 15 is 0 Å². The maximum absolute atomic E-state index is 13.4. The molecule has 0 bridgehead atoms. The van der Waals surface area contributed by atoms with Crippen LogP contribution in [0.15, 0.2) is 30.3 Å². The summed E-state index contributed by atoms with van der Waals surface area (Å²) in [5.74, 6) is -3.30. The van der Waals surface area contributed by atoms with Crippen LogP contribution >= 0.6 is 0 Å². The van der Waals surface area contributed by atoms with E-state index in [-0.39, 0.29) is 37.0 Å². The Morgan fingerprint density at radius 2 is 1.23 bits per heavy atom. The quantitative estimate of drug-likeness (QED) is 0.0803. The first-order valence-corrected chi connectivity index (χ1v) is 17.1. The smallest absolute Gasteiger partial charge is 0.408 e. The van der Waals surface area contributed by atoms with E-state index in [1.54, 1.807) is 30.3 Å². The third-order valence-corrected chi connectivity index (χ3v) is 7.51. The van der Waals surface area contributed by atoms with E-state index in [1.165, 1.54) is 6.26 Å². The van der Waals surface area contributed by atoms with Gasteiger partial charge in [-0.3, -0.25) is 23.4 Å². The standard InChI is InChI=1S/C31H49N5O10S/c1-19(2)13-22(15-37)32-28(41)24(14-20(3)4)34-27(40)23(11-12-47(5)45)33-29(42)25(16-38)35-30(43)26(17-39)36-31(44)46-18-21-9-7-6-8-10-21/h6-10,15,19-20,22-26,38-39H,11-14,16-18H2,1-5H3,(H,32,41)(H,33,42)(H,34,40)(H,35,43)(H,36,44)/t22-,23-,24-,25-,26-,47?/m0/s1. The average Bonchev–Trinajstić information content (AvgIpc) is 3.02. The van der Waals surface area contributed by atoms with E-state index in [0.29, 0.717) is 18.3 Å². The summed E-state index contributed by atoms with van der Waals surface area (Å²) in [4.78, 5) is 76.0. The lowest BCUT2D eigenvalue weighted by Crippen LogP contribution is -2.60. The van der Waals surface area contributed by atoms with Crippen molar-refractivity contribution >= 4 is 46.8 Å². The van der Waals surface area contributed by atoms with E-state index in [9.17, 15) is 43.2 Å². The third-order valence-electron chi connectivity index (χ3n) is 6.70. The summed E-state index contributed by atoms with van der Waals surface area (Å²) in [6.07, 6.45) is 1.52. The van der Waals surface area contributed by atoms with Crippen LogP contribution < -0.4 is 26.6 Å². The molecular formula is C31H49N5O10S. The van der Waals surface area contributed by atoms with Gasteiger partial charge in [-0.05, 0) is 36.7 Å². The first kappa shape index (κ1) is 41.1. The number of hydrogen-bond donors (Lipinski definition) is 7. The van der Waals surface area contributed by atoms with Gasteiger partial charge in [0.05, 0.1) is 19.3 Å². The summed E-state index contributed by atoms with van der Waals surface area (Å²) in [5, 5.41) is 31.6. The predicted octanol–water partition coefficient (Wildman–Crippen LogP) is -0.735. The molecule has 0 aliphatic heterocycles.